The molecule has 2 aromatic rings. The Morgan fingerprint density at radius 1 is 1.18 bits per heavy atom. The molecule has 2 aromatic carbocycles. The number of unbranched alkanes of at least 4 members (excludes halogenated alkanes) is 1. The highest BCUT2D eigenvalue weighted by Crippen LogP contribution is 2.36. The first-order chi connectivity index (χ1) is 16.3. The molecule has 0 saturated heterocycles. The number of hydrogen-bond acceptors (Lipinski definition) is 5. The summed E-state index contributed by atoms with van der Waals surface area (Å²) in [5, 5.41) is 6.60. The van der Waals surface area contributed by atoms with E-state index in [2.05, 4.69) is 38.7 Å². The van der Waals surface area contributed by atoms with Crippen LogP contribution < -0.4 is 20.2 Å². The molecular formula is C25H31BrFN3O4. The molecule has 0 aliphatic heterocycles. The summed E-state index contributed by atoms with van der Waals surface area (Å²) in [5.74, 6) is -0.896. The van der Waals surface area contributed by atoms with Crippen LogP contribution >= 0.6 is 15.9 Å². The van der Waals surface area contributed by atoms with Crippen molar-refractivity contribution >= 4 is 34.0 Å². The summed E-state index contributed by atoms with van der Waals surface area (Å²) in [7, 11) is 0. The molecule has 2 amide bonds. The van der Waals surface area contributed by atoms with Crippen molar-refractivity contribution in [2.75, 3.05) is 13.2 Å². The van der Waals surface area contributed by atoms with Crippen LogP contribution in [0.5, 0.6) is 11.5 Å². The van der Waals surface area contributed by atoms with E-state index >= 15 is 0 Å². The first kappa shape index (κ1) is 27.3. The average Bonchev–Trinajstić information content (AvgIpc) is 2.79. The molecular weight excluding hydrogens is 505 g/mol. The van der Waals surface area contributed by atoms with E-state index in [4.69, 9.17) is 9.47 Å². The van der Waals surface area contributed by atoms with Gasteiger partial charge in [0.15, 0.2) is 11.5 Å². The van der Waals surface area contributed by atoms with Crippen LogP contribution in [0, 0.1) is 11.7 Å². The predicted octanol–water partition coefficient (Wildman–Crippen LogP) is 5.07. The molecule has 0 fully saturated rings. The standard InChI is InChI=1S/C25H31BrFN3O4/c1-5-7-12-34-23-19(26)13-17(14-21(23)33-6-2)15-28-30-25(32)22(16(3)4)29-24(31)18-10-8-9-11-20(18)27/h8-11,13-16,22H,5-7,12H2,1-4H3,(H,29,31)(H,30,32)/b28-15+. The number of nitrogens with zero attached hydrogens (tertiary/aromatic N) is 1. The Morgan fingerprint density at radius 2 is 1.91 bits per heavy atom. The van der Waals surface area contributed by atoms with E-state index in [9.17, 15) is 14.0 Å². The maximum Gasteiger partial charge on any atom is 0.262 e. The van der Waals surface area contributed by atoms with Crippen molar-refractivity contribution in [1.29, 1.82) is 0 Å². The highest BCUT2D eigenvalue weighted by atomic mass is 79.9. The third kappa shape index (κ3) is 7.83. The fourth-order valence-electron chi connectivity index (χ4n) is 3.02. The molecule has 0 saturated carbocycles. The molecule has 0 aliphatic rings. The van der Waals surface area contributed by atoms with Gasteiger partial charge in [0, 0.05) is 0 Å². The lowest BCUT2D eigenvalue weighted by Crippen LogP contribution is -2.48. The number of hydrogen-bond donors (Lipinski definition) is 2. The first-order valence-electron chi connectivity index (χ1n) is 11.3. The minimum absolute atomic E-state index is 0.126. The van der Waals surface area contributed by atoms with Crippen LogP contribution in [0.4, 0.5) is 4.39 Å². The monoisotopic (exact) mass is 535 g/mol. The second kappa shape index (κ2) is 13.7. The molecule has 2 N–H and O–H groups in total. The van der Waals surface area contributed by atoms with Crippen LogP contribution in [0.2, 0.25) is 0 Å². The minimum atomic E-state index is -0.899. The van der Waals surface area contributed by atoms with Crippen LogP contribution in [-0.2, 0) is 4.79 Å². The topological polar surface area (TPSA) is 89.0 Å². The molecule has 0 heterocycles. The lowest BCUT2D eigenvalue weighted by Gasteiger charge is -2.20. The lowest BCUT2D eigenvalue weighted by molar-refractivity contribution is -0.123. The second-order valence-electron chi connectivity index (χ2n) is 7.87. The summed E-state index contributed by atoms with van der Waals surface area (Å²) in [4.78, 5) is 25.1. The summed E-state index contributed by atoms with van der Waals surface area (Å²) in [6.07, 6.45) is 3.42. The van der Waals surface area contributed by atoms with Crippen LogP contribution in [0.15, 0.2) is 46.0 Å². The van der Waals surface area contributed by atoms with Crippen molar-refractivity contribution in [3.05, 3.63) is 57.8 Å². The molecule has 0 aliphatic carbocycles. The highest BCUT2D eigenvalue weighted by Gasteiger charge is 2.25. The molecule has 2 rings (SSSR count). The Morgan fingerprint density at radius 3 is 2.56 bits per heavy atom. The number of ether oxygens (including phenoxy) is 2. The average molecular weight is 536 g/mol. The molecule has 34 heavy (non-hydrogen) atoms. The molecule has 9 heteroatoms. The van der Waals surface area contributed by atoms with Gasteiger partial charge < -0.3 is 14.8 Å². The highest BCUT2D eigenvalue weighted by molar-refractivity contribution is 9.10. The number of benzene rings is 2. The quantitative estimate of drug-likeness (QED) is 0.225. The van der Waals surface area contributed by atoms with E-state index in [-0.39, 0.29) is 11.5 Å². The number of amides is 2. The van der Waals surface area contributed by atoms with Crippen LogP contribution in [0.1, 0.15) is 56.5 Å². The fourth-order valence-corrected chi connectivity index (χ4v) is 3.60. The molecule has 0 spiro atoms. The zero-order chi connectivity index (χ0) is 25.1. The lowest BCUT2D eigenvalue weighted by atomic mass is 10.0. The third-order valence-corrected chi connectivity index (χ3v) is 5.41. The van der Waals surface area contributed by atoms with E-state index in [1.807, 2.05) is 6.92 Å². The van der Waals surface area contributed by atoms with Gasteiger partial charge in [-0.3, -0.25) is 9.59 Å². The van der Waals surface area contributed by atoms with Crippen LogP contribution in [0.25, 0.3) is 0 Å². The van der Waals surface area contributed by atoms with Gasteiger partial charge in [-0.05, 0) is 65.0 Å². The van der Waals surface area contributed by atoms with Gasteiger partial charge in [-0.2, -0.15) is 5.10 Å². The van der Waals surface area contributed by atoms with Crippen molar-refractivity contribution in [2.45, 2.75) is 46.6 Å². The number of carbonyl (C=O) groups excluding carboxylic acids is 2. The maximum absolute atomic E-state index is 13.9. The van der Waals surface area contributed by atoms with Crippen molar-refractivity contribution in [3.8, 4) is 11.5 Å². The van der Waals surface area contributed by atoms with Gasteiger partial charge in [-0.1, -0.05) is 39.3 Å². The van der Waals surface area contributed by atoms with Gasteiger partial charge in [0.1, 0.15) is 11.9 Å². The molecule has 1 unspecified atom stereocenters. The van der Waals surface area contributed by atoms with Crippen LogP contribution in [-0.4, -0.2) is 37.3 Å². The van der Waals surface area contributed by atoms with Gasteiger partial charge >= 0.3 is 0 Å². The fraction of sp³-hybridized carbons (Fsp3) is 0.400. The van der Waals surface area contributed by atoms with Crippen molar-refractivity contribution in [1.82, 2.24) is 10.7 Å². The Kier molecular flexibility index (Phi) is 11.0. The number of hydrazone groups is 1. The van der Waals surface area contributed by atoms with Crippen molar-refractivity contribution < 1.29 is 23.5 Å². The summed E-state index contributed by atoms with van der Waals surface area (Å²) in [5.41, 5.74) is 3.00. The van der Waals surface area contributed by atoms with Crippen LogP contribution in [0.3, 0.4) is 0 Å². The molecule has 7 nitrogen and oxygen atoms in total. The Bertz CT molecular complexity index is 1010. The summed E-state index contributed by atoms with van der Waals surface area (Å²) < 4.78 is 26.2. The van der Waals surface area contributed by atoms with Gasteiger partial charge in [-0.25, -0.2) is 9.82 Å². The second-order valence-corrected chi connectivity index (χ2v) is 8.73. The maximum atomic E-state index is 13.9. The molecule has 1 atom stereocenters. The normalized spacial score (nSPS) is 12.0. The molecule has 184 valence electrons. The molecule has 0 radical (unpaired) electrons. The van der Waals surface area contributed by atoms with E-state index in [0.717, 1.165) is 12.8 Å². The zero-order valence-electron chi connectivity index (χ0n) is 19.9. The van der Waals surface area contributed by atoms with E-state index in [1.54, 1.807) is 32.0 Å². The van der Waals surface area contributed by atoms with E-state index in [0.29, 0.717) is 34.7 Å². The largest absolute Gasteiger partial charge is 0.490 e. The summed E-state index contributed by atoms with van der Waals surface area (Å²) in [6.45, 7) is 8.56. The zero-order valence-corrected chi connectivity index (χ0v) is 21.4. The predicted molar refractivity (Wildman–Crippen MR) is 134 cm³/mol. The van der Waals surface area contributed by atoms with Gasteiger partial charge in [-0.15, -0.1) is 0 Å². The summed E-state index contributed by atoms with van der Waals surface area (Å²) >= 11 is 3.51. The first-order valence-corrected chi connectivity index (χ1v) is 12.0. The Balaban J connectivity index is 2.10. The number of rotatable bonds is 12. The Labute approximate surface area is 208 Å². The van der Waals surface area contributed by atoms with Crippen molar-refractivity contribution in [3.63, 3.8) is 0 Å². The molecule has 0 bridgehead atoms. The van der Waals surface area contributed by atoms with Gasteiger partial charge in [0.05, 0.1) is 29.5 Å². The van der Waals surface area contributed by atoms with Crippen molar-refractivity contribution in [2.24, 2.45) is 11.0 Å². The number of nitrogens with one attached hydrogen (secondary N) is 2. The van der Waals surface area contributed by atoms with Gasteiger partial charge in [0.2, 0.25) is 0 Å². The summed E-state index contributed by atoms with van der Waals surface area (Å²) in [6, 6.07) is 8.28. The van der Waals surface area contributed by atoms with E-state index < -0.39 is 23.7 Å². The Hall–Kier alpha value is -2.94. The smallest absolute Gasteiger partial charge is 0.262 e. The number of halogens is 2. The van der Waals surface area contributed by atoms with E-state index in [1.165, 1.54) is 24.4 Å². The third-order valence-electron chi connectivity index (χ3n) is 4.82. The van der Waals surface area contributed by atoms with Gasteiger partial charge in [0.25, 0.3) is 11.8 Å². The SMILES string of the molecule is CCCCOc1c(Br)cc(/C=N/NC(=O)C(NC(=O)c2ccccc2F)C(C)C)cc1OCC. The minimum Gasteiger partial charge on any atom is -0.490 e. The molecule has 0 aromatic heterocycles. The number of carbonyl (C=O) groups is 2.